The molecule has 0 aliphatic carbocycles. The monoisotopic (exact) mass is 445 g/mol. The Morgan fingerprint density at radius 1 is 1.23 bits per heavy atom. The molecule has 0 saturated heterocycles. The van der Waals surface area contributed by atoms with Crippen molar-refractivity contribution in [1.29, 1.82) is 0 Å². The molecule has 1 atom stereocenters. The first-order valence-corrected chi connectivity index (χ1v) is 8.52. The molecular weight excluding hydrogens is 433 g/mol. The van der Waals surface area contributed by atoms with Crippen LogP contribution >= 0.6 is 11.6 Å². The van der Waals surface area contributed by atoms with E-state index in [-0.39, 0.29) is 33.5 Å². The van der Waals surface area contributed by atoms with Gasteiger partial charge in [0.1, 0.15) is 11.5 Å². The zero-order chi connectivity index (χ0) is 22.6. The second-order valence-electron chi connectivity index (χ2n) is 5.92. The van der Waals surface area contributed by atoms with Crippen molar-refractivity contribution in [2.75, 3.05) is 0 Å². The number of carbonyl (C=O) groups excluding carboxylic acids is 1. The Morgan fingerprint density at radius 2 is 1.90 bits per heavy atom. The van der Waals surface area contributed by atoms with Crippen LogP contribution in [-0.4, -0.2) is 22.7 Å². The van der Waals surface area contributed by atoms with E-state index >= 15 is 0 Å². The molecule has 1 unspecified atom stereocenters. The fourth-order valence-electron chi connectivity index (χ4n) is 2.16. The lowest BCUT2D eigenvalue weighted by atomic mass is 10.1. The number of ether oxygens (including phenoxy) is 1. The smallest absolute Gasteiger partial charge is 0.416 e. The lowest BCUT2D eigenvalue weighted by Gasteiger charge is -2.13. The second kappa shape index (κ2) is 8.99. The largest absolute Gasteiger partial charge is 0.546 e. The number of carbonyl (C=O) groups is 1. The summed E-state index contributed by atoms with van der Waals surface area (Å²) in [5.74, 6) is -1.63. The number of aliphatic carboxylic acids is 1. The number of halogens is 4. The molecule has 0 fully saturated rings. The molecule has 0 radical (unpaired) electrons. The highest BCUT2D eigenvalue weighted by Gasteiger charge is 2.31. The van der Waals surface area contributed by atoms with E-state index in [9.17, 15) is 33.2 Å². The van der Waals surface area contributed by atoms with E-state index < -0.39 is 28.7 Å². The average molecular weight is 446 g/mol. The van der Waals surface area contributed by atoms with Gasteiger partial charge in [-0.25, -0.2) is 0 Å². The van der Waals surface area contributed by atoms with Crippen molar-refractivity contribution >= 4 is 29.0 Å². The summed E-state index contributed by atoms with van der Waals surface area (Å²) < 4.78 is 43.7. The number of nitro groups is 1. The van der Waals surface area contributed by atoms with Gasteiger partial charge in [-0.2, -0.15) is 13.2 Å². The highest BCUT2D eigenvalue weighted by atomic mass is 35.5. The Kier molecular flexibility index (Phi) is 6.88. The minimum atomic E-state index is -4.58. The number of carboxylic acid groups (broad SMARTS) is 1. The molecule has 2 aromatic carbocycles. The minimum Gasteiger partial charge on any atom is -0.546 e. The molecule has 0 aliphatic rings. The number of rotatable bonds is 7. The summed E-state index contributed by atoms with van der Waals surface area (Å²) in [5.41, 5.74) is -1.46. The number of benzene rings is 2. The molecule has 0 N–H and O–H groups in total. The van der Waals surface area contributed by atoms with Crippen molar-refractivity contribution in [3.8, 4) is 11.5 Å². The Bertz CT molecular complexity index is 1010. The molecule has 2 aromatic rings. The number of nitro benzene ring substituents is 1. The molecule has 0 amide bonds. The Hall–Kier alpha value is -3.34. The molecule has 160 valence electrons. The van der Waals surface area contributed by atoms with Crippen LogP contribution in [0.25, 0.3) is 0 Å². The lowest BCUT2D eigenvalue weighted by molar-refractivity contribution is -0.385. The predicted octanol–water partition coefficient (Wildman–Crippen LogP) is 3.94. The van der Waals surface area contributed by atoms with Crippen LogP contribution in [0.2, 0.25) is 5.02 Å². The maximum absolute atomic E-state index is 12.7. The molecule has 0 saturated carbocycles. The second-order valence-corrected chi connectivity index (χ2v) is 6.33. The van der Waals surface area contributed by atoms with Gasteiger partial charge in [-0.1, -0.05) is 16.8 Å². The Morgan fingerprint density at radius 3 is 2.43 bits per heavy atom. The molecule has 0 aliphatic heterocycles. The summed E-state index contributed by atoms with van der Waals surface area (Å²) >= 11 is 5.85. The van der Waals surface area contributed by atoms with Crippen LogP contribution < -0.4 is 9.84 Å². The van der Waals surface area contributed by atoms with Crippen molar-refractivity contribution in [3.63, 3.8) is 0 Å². The standard InChI is InChI=1S/C18H14ClF3N2O6/c1-9(23-30-10(2)17(25)26)13-8-12(4-5-15(13)24(27)28)29-16-6-3-11(7-14(16)19)18(20,21)22/h3-8,10H,1-2H3,(H,25,26)/p-1/b23-9+. The first-order chi connectivity index (χ1) is 13.9. The highest BCUT2D eigenvalue weighted by Crippen LogP contribution is 2.37. The number of hydrogen-bond acceptors (Lipinski definition) is 7. The third-order valence-electron chi connectivity index (χ3n) is 3.72. The molecule has 0 bridgehead atoms. The van der Waals surface area contributed by atoms with E-state index in [4.69, 9.17) is 21.2 Å². The topological polar surface area (TPSA) is 114 Å². The number of carboxylic acids is 1. The molecule has 0 spiro atoms. The minimum absolute atomic E-state index is 0.0137. The van der Waals surface area contributed by atoms with Crippen LogP contribution in [0.4, 0.5) is 18.9 Å². The molecule has 8 nitrogen and oxygen atoms in total. The summed E-state index contributed by atoms with van der Waals surface area (Å²) in [7, 11) is 0. The van der Waals surface area contributed by atoms with Gasteiger partial charge in [-0.15, -0.1) is 0 Å². The molecular formula is C18H13ClF3N2O6-. The van der Waals surface area contributed by atoms with Crippen molar-refractivity contribution in [3.05, 3.63) is 62.7 Å². The zero-order valence-electron chi connectivity index (χ0n) is 15.4. The number of hydrogen-bond donors (Lipinski definition) is 0. The van der Waals surface area contributed by atoms with Crippen LogP contribution in [0.15, 0.2) is 41.6 Å². The normalized spacial score (nSPS) is 12.9. The van der Waals surface area contributed by atoms with Gasteiger partial charge in [0.25, 0.3) is 5.69 Å². The van der Waals surface area contributed by atoms with E-state index in [1.165, 1.54) is 19.1 Å². The van der Waals surface area contributed by atoms with Crippen LogP contribution in [0, 0.1) is 10.1 Å². The van der Waals surface area contributed by atoms with Crippen molar-refractivity contribution in [2.24, 2.45) is 5.16 Å². The number of nitrogens with zero attached hydrogens (tertiary/aromatic N) is 2. The number of oxime groups is 1. The third-order valence-corrected chi connectivity index (χ3v) is 4.02. The predicted molar refractivity (Wildman–Crippen MR) is 97.4 cm³/mol. The van der Waals surface area contributed by atoms with E-state index in [2.05, 4.69) is 5.16 Å². The Labute approximate surface area is 172 Å². The van der Waals surface area contributed by atoms with Crippen LogP contribution in [0.5, 0.6) is 11.5 Å². The number of alkyl halides is 3. The van der Waals surface area contributed by atoms with E-state index in [1.54, 1.807) is 0 Å². The summed E-state index contributed by atoms with van der Waals surface area (Å²) in [6.45, 7) is 2.49. The van der Waals surface area contributed by atoms with Gasteiger partial charge in [0, 0.05) is 6.07 Å². The highest BCUT2D eigenvalue weighted by molar-refractivity contribution is 6.32. The SMILES string of the molecule is C/C(=N\OC(C)C(=O)[O-])c1cc(Oc2ccc(C(F)(F)F)cc2Cl)ccc1[N+](=O)[O-]. The van der Waals surface area contributed by atoms with Gasteiger partial charge in [-0.05, 0) is 44.2 Å². The molecule has 0 aromatic heterocycles. The van der Waals surface area contributed by atoms with E-state index in [1.807, 2.05) is 0 Å². The van der Waals surface area contributed by atoms with Crippen molar-refractivity contribution in [1.82, 2.24) is 0 Å². The first kappa shape index (κ1) is 22.9. The van der Waals surface area contributed by atoms with Crippen LogP contribution in [0.3, 0.4) is 0 Å². The van der Waals surface area contributed by atoms with Gasteiger partial charge >= 0.3 is 6.18 Å². The zero-order valence-corrected chi connectivity index (χ0v) is 16.2. The maximum Gasteiger partial charge on any atom is 0.416 e. The summed E-state index contributed by atoms with van der Waals surface area (Å²) in [5, 5.41) is 25.2. The average Bonchev–Trinajstić information content (AvgIpc) is 2.66. The van der Waals surface area contributed by atoms with E-state index in [0.29, 0.717) is 6.07 Å². The van der Waals surface area contributed by atoms with E-state index in [0.717, 1.165) is 25.1 Å². The van der Waals surface area contributed by atoms with Gasteiger partial charge in [0.05, 0.1) is 32.8 Å². The lowest BCUT2D eigenvalue weighted by Crippen LogP contribution is -2.34. The maximum atomic E-state index is 12.7. The van der Waals surface area contributed by atoms with Crippen LogP contribution in [-0.2, 0) is 15.8 Å². The van der Waals surface area contributed by atoms with Crippen molar-refractivity contribution < 1.29 is 37.6 Å². The quantitative estimate of drug-likeness (QED) is 0.362. The fraction of sp³-hybridized carbons (Fsp3) is 0.222. The first-order valence-electron chi connectivity index (χ1n) is 8.15. The third kappa shape index (κ3) is 5.60. The molecule has 2 rings (SSSR count). The van der Waals surface area contributed by atoms with Gasteiger partial charge in [-0.3, -0.25) is 10.1 Å². The molecule has 12 heteroatoms. The molecule has 30 heavy (non-hydrogen) atoms. The van der Waals surface area contributed by atoms with Gasteiger partial charge in [0.15, 0.2) is 6.10 Å². The van der Waals surface area contributed by atoms with Gasteiger partial charge in [0.2, 0.25) is 0 Å². The molecule has 0 heterocycles. The summed E-state index contributed by atoms with van der Waals surface area (Å²) in [6, 6.07) is 5.97. The summed E-state index contributed by atoms with van der Waals surface area (Å²) in [6.07, 6.45) is -5.98. The Balaban J connectivity index is 2.37. The van der Waals surface area contributed by atoms with Crippen molar-refractivity contribution in [2.45, 2.75) is 26.1 Å². The fourth-order valence-corrected chi connectivity index (χ4v) is 2.38. The van der Waals surface area contributed by atoms with Gasteiger partial charge < -0.3 is 19.5 Å². The van der Waals surface area contributed by atoms with Crippen LogP contribution in [0.1, 0.15) is 25.0 Å². The summed E-state index contributed by atoms with van der Waals surface area (Å²) in [4.78, 5) is 26.0.